The van der Waals surface area contributed by atoms with Crippen LogP contribution < -0.4 is 20.5 Å². The molecule has 0 radical (unpaired) electrons. The van der Waals surface area contributed by atoms with Gasteiger partial charge in [0, 0.05) is 61.0 Å². The molecule has 47 heavy (non-hydrogen) atoms. The van der Waals surface area contributed by atoms with E-state index in [1.807, 2.05) is 19.1 Å². The molecule has 12 nitrogen and oxygen atoms in total. The molecule has 0 spiro atoms. The van der Waals surface area contributed by atoms with Gasteiger partial charge in [0.15, 0.2) is 5.78 Å². The zero-order valence-electron chi connectivity index (χ0n) is 26.8. The van der Waals surface area contributed by atoms with Gasteiger partial charge in [-0.1, -0.05) is 12.8 Å². The molecule has 2 N–H and O–H groups in total. The number of hydrogen-bond acceptors (Lipinski definition) is 10. The van der Waals surface area contributed by atoms with Gasteiger partial charge in [-0.2, -0.15) is 4.98 Å². The number of aromatic nitrogens is 4. The first-order chi connectivity index (χ1) is 22.7. The van der Waals surface area contributed by atoms with Crippen molar-refractivity contribution >= 4 is 40.2 Å². The van der Waals surface area contributed by atoms with E-state index in [1.165, 1.54) is 12.2 Å². The lowest BCUT2D eigenvalue weighted by atomic mass is 10.0. The Bertz CT molecular complexity index is 1850. The number of anilines is 3. The molecule has 4 heterocycles. The summed E-state index contributed by atoms with van der Waals surface area (Å²) in [5.74, 6) is 1.11. The van der Waals surface area contributed by atoms with Gasteiger partial charge in [-0.3, -0.25) is 19.0 Å². The summed E-state index contributed by atoms with van der Waals surface area (Å²) in [6.45, 7) is 5.74. The van der Waals surface area contributed by atoms with Crippen LogP contribution in [0.5, 0.6) is 5.75 Å². The number of piperazine rings is 1. The fourth-order valence-electron chi connectivity index (χ4n) is 6.46. The molecule has 1 saturated heterocycles. The van der Waals surface area contributed by atoms with E-state index in [1.54, 1.807) is 60.2 Å². The number of carbonyl (C=O) groups excluding carboxylic acids is 2. The standard InChI is InChI=1S/C35H39N7O5/c1-22-28-21-37-35(39-33(28)42(25-6-4-5-7-25)34(46)32(22)23(2)43)38-30-14-10-26(20-36-30)40-16-18-41(19-17-40)31(45)15-13-29(44)24-8-11-27(47-3)12-9-24/h8-15,20-21,23,25,43H,4-7,16-19H2,1-3H3,(H,36,37,38,39)/b15-13+. The molecular weight excluding hydrogens is 598 g/mol. The smallest absolute Gasteiger partial charge is 0.258 e. The lowest BCUT2D eigenvalue weighted by Gasteiger charge is -2.35. The van der Waals surface area contributed by atoms with Gasteiger partial charge < -0.3 is 25.0 Å². The number of aliphatic hydroxyl groups excluding tert-OH is 1. The molecule has 1 unspecified atom stereocenters. The van der Waals surface area contributed by atoms with E-state index in [4.69, 9.17) is 9.72 Å². The number of aryl methyl sites for hydroxylation is 1. The van der Waals surface area contributed by atoms with Crippen molar-refractivity contribution in [1.29, 1.82) is 0 Å². The van der Waals surface area contributed by atoms with E-state index in [0.29, 0.717) is 66.0 Å². The minimum Gasteiger partial charge on any atom is -0.497 e. The Morgan fingerprint density at radius 1 is 1.00 bits per heavy atom. The van der Waals surface area contributed by atoms with Crippen molar-refractivity contribution in [2.45, 2.75) is 51.7 Å². The van der Waals surface area contributed by atoms with E-state index in [2.05, 4.69) is 20.2 Å². The average molecular weight is 638 g/mol. The van der Waals surface area contributed by atoms with Gasteiger partial charge in [0.05, 0.1) is 25.1 Å². The second-order valence-corrected chi connectivity index (χ2v) is 12.0. The molecule has 6 rings (SSSR count). The molecule has 2 aliphatic rings. The predicted octanol–water partition coefficient (Wildman–Crippen LogP) is 4.50. The number of nitrogens with one attached hydrogen (secondary N) is 1. The highest BCUT2D eigenvalue weighted by atomic mass is 16.5. The van der Waals surface area contributed by atoms with Crippen LogP contribution in [0, 0.1) is 6.92 Å². The molecule has 12 heteroatoms. The van der Waals surface area contributed by atoms with Crippen LogP contribution in [0.15, 0.2) is 65.7 Å². The number of ether oxygens (including phenoxy) is 1. The van der Waals surface area contributed by atoms with E-state index < -0.39 is 6.10 Å². The third-order valence-corrected chi connectivity index (χ3v) is 9.06. The van der Waals surface area contributed by atoms with Gasteiger partial charge in [-0.05, 0) is 74.7 Å². The number of carbonyl (C=O) groups is 2. The van der Waals surface area contributed by atoms with Gasteiger partial charge >= 0.3 is 0 Å². The summed E-state index contributed by atoms with van der Waals surface area (Å²) < 4.78 is 6.87. The van der Waals surface area contributed by atoms with Crippen LogP contribution in [-0.4, -0.2) is 74.5 Å². The molecule has 1 saturated carbocycles. The van der Waals surface area contributed by atoms with E-state index in [-0.39, 0.29) is 23.3 Å². The molecule has 1 aromatic carbocycles. The number of benzene rings is 1. The first kappa shape index (κ1) is 31.9. The summed E-state index contributed by atoms with van der Waals surface area (Å²) in [5.41, 5.74) is 2.87. The third-order valence-electron chi connectivity index (χ3n) is 9.06. The maximum absolute atomic E-state index is 13.5. The zero-order chi connectivity index (χ0) is 33.1. The van der Waals surface area contributed by atoms with Crippen LogP contribution in [0.3, 0.4) is 0 Å². The van der Waals surface area contributed by atoms with Crippen molar-refractivity contribution in [1.82, 2.24) is 24.4 Å². The SMILES string of the molecule is COc1ccc(C(=O)/C=C/C(=O)N2CCN(c3ccc(Nc4ncc5c(C)c(C(C)O)c(=O)n(C6CCCC6)c5n4)nc3)CC2)cc1. The molecule has 1 atom stereocenters. The number of allylic oxidation sites excluding steroid dienone is 1. The van der Waals surface area contributed by atoms with Crippen LogP contribution >= 0.6 is 0 Å². The number of hydrogen-bond donors (Lipinski definition) is 2. The fraction of sp³-hybridized carbons (Fsp3) is 0.371. The van der Waals surface area contributed by atoms with Crippen molar-refractivity contribution in [2.24, 2.45) is 0 Å². The van der Waals surface area contributed by atoms with Gasteiger partial charge in [0.25, 0.3) is 5.56 Å². The predicted molar refractivity (Wildman–Crippen MR) is 179 cm³/mol. The fourth-order valence-corrected chi connectivity index (χ4v) is 6.46. The summed E-state index contributed by atoms with van der Waals surface area (Å²) in [5, 5.41) is 14.3. The molecule has 244 valence electrons. The highest BCUT2D eigenvalue weighted by Gasteiger charge is 2.26. The molecule has 1 aliphatic heterocycles. The van der Waals surface area contributed by atoms with Crippen molar-refractivity contribution < 1.29 is 19.4 Å². The topological polar surface area (TPSA) is 143 Å². The molecule has 2 fully saturated rings. The summed E-state index contributed by atoms with van der Waals surface area (Å²) in [6, 6.07) is 10.6. The van der Waals surface area contributed by atoms with Crippen molar-refractivity contribution in [2.75, 3.05) is 43.5 Å². The maximum Gasteiger partial charge on any atom is 0.258 e. The molecule has 0 bridgehead atoms. The first-order valence-electron chi connectivity index (χ1n) is 16.0. The number of rotatable bonds is 9. The second kappa shape index (κ2) is 13.7. The van der Waals surface area contributed by atoms with Crippen LogP contribution in [0.4, 0.5) is 17.5 Å². The largest absolute Gasteiger partial charge is 0.497 e. The minimum absolute atomic E-state index is 0.0388. The number of nitrogens with zero attached hydrogens (tertiary/aromatic N) is 6. The van der Waals surface area contributed by atoms with Gasteiger partial charge in [-0.25, -0.2) is 9.97 Å². The summed E-state index contributed by atoms with van der Waals surface area (Å²) in [4.78, 5) is 56.5. The highest BCUT2D eigenvalue weighted by Crippen LogP contribution is 2.33. The first-order valence-corrected chi connectivity index (χ1v) is 16.0. The van der Waals surface area contributed by atoms with Gasteiger partial charge in [0.1, 0.15) is 17.2 Å². The summed E-state index contributed by atoms with van der Waals surface area (Å²) >= 11 is 0. The Labute approximate surface area is 272 Å². The molecular formula is C35H39N7O5. The monoisotopic (exact) mass is 637 g/mol. The number of ketones is 1. The lowest BCUT2D eigenvalue weighted by molar-refractivity contribution is -0.126. The van der Waals surface area contributed by atoms with E-state index in [9.17, 15) is 19.5 Å². The van der Waals surface area contributed by atoms with E-state index in [0.717, 1.165) is 36.8 Å². The van der Waals surface area contributed by atoms with Crippen LogP contribution in [0.1, 0.15) is 66.2 Å². The normalized spacial score (nSPS) is 16.2. The second-order valence-electron chi connectivity index (χ2n) is 12.0. The van der Waals surface area contributed by atoms with Crippen molar-refractivity contribution in [3.63, 3.8) is 0 Å². The number of aliphatic hydroxyl groups is 1. The third kappa shape index (κ3) is 6.73. The minimum atomic E-state index is -0.887. The van der Waals surface area contributed by atoms with E-state index >= 15 is 0 Å². The Morgan fingerprint density at radius 2 is 1.72 bits per heavy atom. The number of amides is 1. The zero-order valence-corrected chi connectivity index (χ0v) is 26.8. The summed E-state index contributed by atoms with van der Waals surface area (Å²) in [7, 11) is 1.56. The Balaban J connectivity index is 1.10. The van der Waals surface area contributed by atoms with Crippen molar-refractivity contribution in [3.05, 3.63) is 88.0 Å². The quantitative estimate of drug-likeness (QED) is 0.199. The highest BCUT2D eigenvalue weighted by molar-refractivity contribution is 6.07. The Hall–Kier alpha value is -5.10. The Kier molecular flexibility index (Phi) is 9.30. The molecule has 1 amide bonds. The number of pyridine rings is 2. The number of methoxy groups -OCH3 is 1. The lowest BCUT2D eigenvalue weighted by Crippen LogP contribution is -2.48. The molecule has 3 aromatic heterocycles. The van der Waals surface area contributed by atoms with Crippen LogP contribution in [0.25, 0.3) is 11.0 Å². The Morgan fingerprint density at radius 3 is 2.36 bits per heavy atom. The summed E-state index contributed by atoms with van der Waals surface area (Å²) in [6.07, 6.45) is 9.13. The van der Waals surface area contributed by atoms with Gasteiger partial charge in [0.2, 0.25) is 11.9 Å². The molecule has 4 aromatic rings. The van der Waals surface area contributed by atoms with Crippen LogP contribution in [0.2, 0.25) is 0 Å². The average Bonchev–Trinajstić information content (AvgIpc) is 3.62. The van der Waals surface area contributed by atoms with Gasteiger partial charge in [-0.15, -0.1) is 0 Å². The molecule has 1 aliphatic carbocycles. The van der Waals surface area contributed by atoms with Crippen molar-refractivity contribution in [3.8, 4) is 5.75 Å². The number of fused-ring (bicyclic) bond motifs is 1. The van der Waals surface area contributed by atoms with Crippen LogP contribution in [-0.2, 0) is 4.79 Å². The maximum atomic E-state index is 13.5.